The molecule has 1 unspecified atom stereocenters. The van der Waals surface area contributed by atoms with Crippen LogP contribution in [0.3, 0.4) is 0 Å². The molecule has 16 heavy (non-hydrogen) atoms. The minimum atomic E-state index is -0.401. The number of ether oxygens (including phenoxy) is 1. The van der Waals surface area contributed by atoms with Gasteiger partial charge in [-0.1, -0.05) is 13.3 Å². The van der Waals surface area contributed by atoms with Crippen LogP contribution in [0.15, 0.2) is 18.3 Å². The van der Waals surface area contributed by atoms with E-state index in [2.05, 4.69) is 4.98 Å². The van der Waals surface area contributed by atoms with E-state index in [0.29, 0.717) is 18.6 Å². The second kappa shape index (κ2) is 6.23. The van der Waals surface area contributed by atoms with Crippen molar-refractivity contribution >= 4 is 11.6 Å². The SMILES string of the molecule is CCCC(OCC)C(=O)c1cccnc1N. The number of ketones is 1. The molecule has 0 spiro atoms. The molecule has 0 aromatic carbocycles. The van der Waals surface area contributed by atoms with Gasteiger partial charge in [-0.15, -0.1) is 0 Å². The predicted octanol–water partition coefficient (Wildman–Crippen LogP) is 2.05. The average Bonchev–Trinajstić information content (AvgIpc) is 2.28. The van der Waals surface area contributed by atoms with Crippen molar-refractivity contribution in [1.29, 1.82) is 0 Å². The molecule has 0 amide bonds. The minimum absolute atomic E-state index is 0.0747. The van der Waals surface area contributed by atoms with Gasteiger partial charge in [0.2, 0.25) is 0 Å². The van der Waals surface area contributed by atoms with Crippen molar-refractivity contribution in [1.82, 2.24) is 4.98 Å². The Morgan fingerprint density at radius 3 is 2.88 bits per heavy atom. The van der Waals surface area contributed by atoms with Crippen LogP contribution >= 0.6 is 0 Å². The van der Waals surface area contributed by atoms with E-state index in [9.17, 15) is 4.79 Å². The molecule has 4 heteroatoms. The van der Waals surface area contributed by atoms with Gasteiger partial charge >= 0.3 is 0 Å². The Bertz CT molecular complexity index is 347. The highest BCUT2D eigenvalue weighted by Crippen LogP contribution is 2.15. The molecule has 0 saturated heterocycles. The number of hydrogen-bond donors (Lipinski definition) is 1. The Morgan fingerprint density at radius 2 is 2.31 bits per heavy atom. The van der Waals surface area contributed by atoms with E-state index in [4.69, 9.17) is 10.5 Å². The zero-order chi connectivity index (χ0) is 12.0. The van der Waals surface area contributed by atoms with E-state index >= 15 is 0 Å². The second-order valence-corrected chi connectivity index (χ2v) is 3.53. The number of anilines is 1. The molecule has 0 fully saturated rings. The summed E-state index contributed by atoms with van der Waals surface area (Å²) in [6, 6.07) is 3.39. The Balaban J connectivity index is 2.85. The van der Waals surface area contributed by atoms with Crippen LogP contribution in [-0.2, 0) is 4.74 Å². The first-order valence-electron chi connectivity index (χ1n) is 5.57. The summed E-state index contributed by atoms with van der Waals surface area (Å²) in [5.74, 6) is 0.197. The van der Waals surface area contributed by atoms with E-state index in [1.54, 1.807) is 18.3 Å². The van der Waals surface area contributed by atoms with Gasteiger partial charge in [0.15, 0.2) is 5.78 Å². The van der Waals surface area contributed by atoms with Crippen molar-refractivity contribution in [2.75, 3.05) is 12.3 Å². The monoisotopic (exact) mass is 222 g/mol. The predicted molar refractivity (Wildman–Crippen MR) is 63.3 cm³/mol. The summed E-state index contributed by atoms with van der Waals surface area (Å²) in [5.41, 5.74) is 6.12. The lowest BCUT2D eigenvalue weighted by Crippen LogP contribution is -2.25. The van der Waals surface area contributed by atoms with E-state index in [1.165, 1.54) is 0 Å². The number of Topliss-reactive ketones (excluding diaryl/α,β-unsaturated/α-hetero) is 1. The first kappa shape index (κ1) is 12.6. The summed E-state index contributed by atoms with van der Waals surface area (Å²) in [7, 11) is 0. The molecule has 0 radical (unpaired) electrons. The number of pyridine rings is 1. The Kier molecular flexibility index (Phi) is 4.92. The summed E-state index contributed by atoms with van der Waals surface area (Å²) >= 11 is 0. The second-order valence-electron chi connectivity index (χ2n) is 3.53. The third-order valence-electron chi connectivity index (χ3n) is 2.32. The van der Waals surface area contributed by atoms with Gasteiger partial charge in [-0.2, -0.15) is 0 Å². The maximum absolute atomic E-state index is 12.1. The van der Waals surface area contributed by atoms with Gasteiger partial charge in [0, 0.05) is 12.8 Å². The van der Waals surface area contributed by atoms with E-state index < -0.39 is 6.10 Å². The smallest absolute Gasteiger partial charge is 0.195 e. The molecule has 1 heterocycles. The number of carbonyl (C=O) groups is 1. The van der Waals surface area contributed by atoms with Gasteiger partial charge in [-0.25, -0.2) is 4.98 Å². The highest BCUT2D eigenvalue weighted by molar-refractivity contribution is 6.02. The molecule has 88 valence electrons. The Labute approximate surface area is 95.8 Å². The third-order valence-corrected chi connectivity index (χ3v) is 2.32. The van der Waals surface area contributed by atoms with Gasteiger partial charge in [-0.05, 0) is 25.5 Å². The Morgan fingerprint density at radius 1 is 1.56 bits per heavy atom. The van der Waals surface area contributed by atoms with E-state index in [0.717, 1.165) is 6.42 Å². The standard InChI is InChI=1S/C12H18N2O2/c1-3-6-10(16-4-2)11(15)9-7-5-8-14-12(9)13/h5,7-8,10H,3-4,6H2,1-2H3,(H2,13,14). The number of rotatable bonds is 6. The average molecular weight is 222 g/mol. The van der Waals surface area contributed by atoms with Gasteiger partial charge in [0.05, 0.1) is 5.56 Å². The molecule has 0 aliphatic carbocycles. The Hall–Kier alpha value is -1.42. The first-order valence-corrected chi connectivity index (χ1v) is 5.57. The molecular formula is C12H18N2O2. The molecule has 4 nitrogen and oxygen atoms in total. The van der Waals surface area contributed by atoms with Crippen LogP contribution in [0, 0.1) is 0 Å². The number of hydrogen-bond acceptors (Lipinski definition) is 4. The summed E-state index contributed by atoms with van der Waals surface area (Å²) in [5, 5.41) is 0. The van der Waals surface area contributed by atoms with Gasteiger partial charge in [0.1, 0.15) is 11.9 Å². The van der Waals surface area contributed by atoms with Crippen LogP contribution in [0.25, 0.3) is 0 Å². The maximum atomic E-state index is 12.1. The lowest BCUT2D eigenvalue weighted by atomic mass is 10.0. The number of carbonyl (C=O) groups excluding carboxylic acids is 1. The van der Waals surface area contributed by atoms with Crippen LogP contribution in [0.2, 0.25) is 0 Å². The molecular weight excluding hydrogens is 204 g/mol. The molecule has 2 N–H and O–H groups in total. The third kappa shape index (κ3) is 3.03. The summed E-state index contributed by atoms with van der Waals surface area (Å²) in [6.45, 7) is 4.42. The van der Waals surface area contributed by atoms with E-state index in [1.807, 2.05) is 13.8 Å². The molecule has 0 aliphatic rings. The molecule has 0 bridgehead atoms. The molecule has 1 aromatic rings. The largest absolute Gasteiger partial charge is 0.383 e. The molecule has 1 atom stereocenters. The fraction of sp³-hybridized carbons (Fsp3) is 0.500. The van der Waals surface area contributed by atoms with Gasteiger partial charge < -0.3 is 10.5 Å². The highest BCUT2D eigenvalue weighted by Gasteiger charge is 2.21. The normalized spacial score (nSPS) is 12.4. The summed E-state index contributed by atoms with van der Waals surface area (Å²) < 4.78 is 5.42. The molecule has 0 aliphatic heterocycles. The fourth-order valence-electron chi connectivity index (χ4n) is 1.55. The van der Waals surface area contributed by atoms with Crippen molar-refractivity contribution in [2.24, 2.45) is 0 Å². The summed E-state index contributed by atoms with van der Waals surface area (Å²) in [4.78, 5) is 16.0. The quantitative estimate of drug-likeness (QED) is 0.748. The van der Waals surface area contributed by atoms with E-state index in [-0.39, 0.29) is 11.6 Å². The highest BCUT2D eigenvalue weighted by atomic mass is 16.5. The van der Waals surface area contributed by atoms with Crippen LogP contribution in [0.4, 0.5) is 5.82 Å². The van der Waals surface area contributed by atoms with Gasteiger partial charge in [-0.3, -0.25) is 4.79 Å². The molecule has 1 rings (SSSR count). The number of nitrogens with zero attached hydrogens (tertiary/aromatic N) is 1. The van der Waals surface area contributed by atoms with Crippen molar-refractivity contribution in [2.45, 2.75) is 32.8 Å². The number of nitrogens with two attached hydrogens (primary N) is 1. The fourth-order valence-corrected chi connectivity index (χ4v) is 1.55. The lowest BCUT2D eigenvalue weighted by molar-refractivity contribution is 0.0424. The lowest BCUT2D eigenvalue weighted by Gasteiger charge is -2.15. The zero-order valence-corrected chi connectivity index (χ0v) is 9.77. The maximum Gasteiger partial charge on any atom is 0.195 e. The summed E-state index contributed by atoms with van der Waals surface area (Å²) in [6.07, 6.45) is 2.78. The van der Waals surface area contributed by atoms with Crippen LogP contribution in [0.1, 0.15) is 37.0 Å². The van der Waals surface area contributed by atoms with Crippen molar-refractivity contribution < 1.29 is 9.53 Å². The zero-order valence-electron chi connectivity index (χ0n) is 9.77. The molecule has 1 aromatic heterocycles. The first-order chi connectivity index (χ1) is 7.70. The number of aromatic nitrogens is 1. The minimum Gasteiger partial charge on any atom is -0.383 e. The van der Waals surface area contributed by atoms with Crippen LogP contribution in [0.5, 0.6) is 0 Å². The number of nitrogen functional groups attached to an aromatic ring is 1. The van der Waals surface area contributed by atoms with Crippen molar-refractivity contribution in [3.8, 4) is 0 Å². The van der Waals surface area contributed by atoms with Crippen molar-refractivity contribution in [3.05, 3.63) is 23.9 Å². The topological polar surface area (TPSA) is 65.2 Å². The molecule has 0 saturated carbocycles. The van der Waals surface area contributed by atoms with Crippen LogP contribution < -0.4 is 5.73 Å². The van der Waals surface area contributed by atoms with Crippen LogP contribution in [-0.4, -0.2) is 23.5 Å². The van der Waals surface area contributed by atoms with Gasteiger partial charge in [0.25, 0.3) is 0 Å². The van der Waals surface area contributed by atoms with Crippen molar-refractivity contribution in [3.63, 3.8) is 0 Å².